The summed E-state index contributed by atoms with van der Waals surface area (Å²) >= 11 is 2.02. The Bertz CT molecular complexity index is 95.6. The molecule has 1 heterocycles. The smallest absolute Gasteiger partial charge is 0.0681 e. The zero-order valence-electron chi connectivity index (χ0n) is 6.76. The predicted molar refractivity (Wildman–Crippen MR) is 47.4 cm³/mol. The Morgan fingerprint density at radius 3 is 3.10 bits per heavy atom. The van der Waals surface area contributed by atoms with Crippen LogP contribution in [-0.2, 0) is 0 Å². The van der Waals surface area contributed by atoms with Crippen LogP contribution in [0, 0.1) is 0 Å². The van der Waals surface area contributed by atoms with Crippen molar-refractivity contribution in [2.45, 2.75) is 12.3 Å². The van der Waals surface area contributed by atoms with E-state index >= 15 is 0 Å². The fraction of sp³-hybridized carbons (Fsp3) is 1.00. The number of hydrogen-bond donors (Lipinski definition) is 1. The van der Waals surface area contributed by atoms with E-state index in [4.69, 9.17) is 0 Å². The van der Waals surface area contributed by atoms with E-state index in [1.54, 1.807) is 0 Å². The maximum absolute atomic E-state index is 3.39. The molecule has 0 amide bonds. The Kier molecular flexibility index (Phi) is 3.52. The Labute approximate surface area is 67.4 Å². The van der Waals surface area contributed by atoms with Crippen molar-refractivity contribution in [1.82, 2.24) is 10.2 Å². The van der Waals surface area contributed by atoms with Gasteiger partial charge in [-0.2, -0.15) is 0 Å². The number of nitrogens with one attached hydrogen (secondary N) is 1. The van der Waals surface area contributed by atoms with Gasteiger partial charge in [-0.25, -0.2) is 0 Å². The van der Waals surface area contributed by atoms with Gasteiger partial charge in [-0.1, -0.05) is 6.92 Å². The van der Waals surface area contributed by atoms with Gasteiger partial charge in [0.05, 0.1) is 5.37 Å². The molecule has 0 bridgehead atoms. The lowest BCUT2D eigenvalue weighted by atomic mass is 10.4. The van der Waals surface area contributed by atoms with E-state index in [2.05, 4.69) is 24.2 Å². The molecule has 1 aliphatic heterocycles. The third-order valence-electron chi connectivity index (χ3n) is 1.81. The van der Waals surface area contributed by atoms with Crippen LogP contribution in [0.25, 0.3) is 0 Å². The van der Waals surface area contributed by atoms with Gasteiger partial charge in [0.2, 0.25) is 0 Å². The first-order valence-electron chi connectivity index (χ1n) is 3.87. The van der Waals surface area contributed by atoms with Crippen LogP contribution in [-0.4, -0.2) is 42.7 Å². The Balaban J connectivity index is 2.25. The highest BCUT2D eigenvalue weighted by Gasteiger charge is 2.16. The van der Waals surface area contributed by atoms with Crippen molar-refractivity contribution in [3.8, 4) is 0 Å². The van der Waals surface area contributed by atoms with Gasteiger partial charge < -0.3 is 5.32 Å². The molecule has 1 fully saturated rings. The Hall–Kier alpha value is 0.270. The molecule has 0 aliphatic carbocycles. The number of hydrogen-bond acceptors (Lipinski definition) is 3. The molecular weight excluding hydrogens is 144 g/mol. The molecule has 3 heteroatoms. The molecule has 2 nitrogen and oxygen atoms in total. The van der Waals surface area contributed by atoms with Crippen LogP contribution in [0.15, 0.2) is 0 Å². The zero-order valence-corrected chi connectivity index (χ0v) is 7.58. The van der Waals surface area contributed by atoms with Crippen molar-refractivity contribution < 1.29 is 0 Å². The van der Waals surface area contributed by atoms with Crippen molar-refractivity contribution in [1.29, 1.82) is 0 Å². The van der Waals surface area contributed by atoms with E-state index in [9.17, 15) is 0 Å². The van der Waals surface area contributed by atoms with Gasteiger partial charge in [0.1, 0.15) is 0 Å². The summed E-state index contributed by atoms with van der Waals surface area (Å²) in [5, 5.41) is 4.09. The molecule has 1 saturated heterocycles. The fourth-order valence-corrected chi connectivity index (χ4v) is 2.14. The quantitative estimate of drug-likeness (QED) is 0.637. The molecule has 1 atom stereocenters. The highest BCUT2D eigenvalue weighted by atomic mass is 32.2. The number of piperazine rings is 1. The molecule has 0 aromatic rings. The number of rotatable bonds is 2. The minimum Gasteiger partial charge on any atom is -0.313 e. The Morgan fingerprint density at radius 2 is 2.50 bits per heavy atom. The van der Waals surface area contributed by atoms with Crippen LogP contribution >= 0.6 is 11.8 Å². The SMILES string of the molecule is CCSC1CNCCN1C. The molecule has 0 aromatic heterocycles. The first-order chi connectivity index (χ1) is 4.84. The minimum atomic E-state index is 0.707. The van der Waals surface area contributed by atoms with Crippen molar-refractivity contribution in [3.63, 3.8) is 0 Å². The van der Waals surface area contributed by atoms with Gasteiger partial charge in [-0.05, 0) is 12.8 Å². The molecule has 0 radical (unpaired) electrons. The predicted octanol–water partition coefficient (Wildman–Crippen LogP) is 0.601. The summed E-state index contributed by atoms with van der Waals surface area (Å²) in [6.45, 7) is 5.71. The van der Waals surface area contributed by atoms with Crippen LogP contribution in [0.2, 0.25) is 0 Å². The Morgan fingerprint density at radius 1 is 1.70 bits per heavy atom. The average molecular weight is 160 g/mol. The average Bonchev–Trinajstić information content (AvgIpc) is 1.94. The van der Waals surface area contributed by atoms with Crippen LogP contribution in [0.5, 0.6) is 0 Å². The van der Waals surface area contributed by atoms with E-state index in [0.717, 1.165) is 13.1 Å². The lowest BCUT2D eigenvalue weighted by molar-refractivity contribution is 0.266. The molecule has 0 saturated carbocycles. The standard InChI is InChI=1S/C7H16N2S/c1-3-10-7-6-8-4-5-9(7)2/h7-8H,3-6H2,1-2H3. The monoisotopic (exact) mass is 160 g/mol. The van der Waals surface area contributed by atoms with Gasteiger partial charge in [0.15, 0.2) is 0 Å². The van der Waals surface area contributed by atoms with E-state index in [0.29, 0.717) is 5.37 Å². The van der Waals surface area contributed by atoms with Gasteiger partial charge in [-0.15, -0.1) is 11.8 Å². The van der Waals surface area contributed by atoms with Gasteiger partial charge in [-0.3, -0.25) is 4.90 Å². The summed E-state index contributed by atoms with van der Waals surface area (Å²) in [6, 6.07) is 0. The summed E-state index contributed by atoms with van der Waals surface area (Å²) in [7, 11) is 2.20. The largest absolute Gasteiger partial charge is 0.313 e. The topological polar surface area (TPSA) is 15.3 Å². The van der Waals surface area contributed by atoms with Gasteiger partial charge >= 0.3 is 0 Å². The lowest BCUT2D eigenvalue weighted by Gasteiger charge is -2.32. The van der Waals surface area contributed by atoms with E-state index in [-0.39, 0.29) is 0 Å². The number of thioether (sulfide) groups is 1. The maximum Gasteiger partial charge on any atom is 0.0681 e. The summed E-state index contributed by atoms with van der Waals surface area (Å²) < 4.78 is 0. The van der Waals surface area contributed by atoms with Crippen LogP contribution in [0.3, 0.4) is 0 Å². The van der Waals surface area contributed by atoms with Crippen molar-refractivity contribution >= 4 is 11.8 Å². The lowest BCUT2D eigenvalue weighted by Crippen LogP contribution is -2.47. The number of likely N-dealkylation sites (N-methyl/N-ethyl adjacent to an activating group) is 1. The van der Waals surface area contributed by atoms with E-state index in [1.165, 1.54) is 12.3 Å². The first-order valence-corrected chi connectivity index (χ1v) is 4.92. The second-order valence-corrected chi connectivity index (χ2v) is 4.05. The highest BCUT2D eigenvalue weighted by Crippen LogP contribution is 2.14. The van der Waals surface area contributed by atoms with Crippen LogP contribution < -0.4 is 5.32 Å². The molecule has 1 N–H and O–H groups in total. The second-order valence-electron chi connectivity index (χ2n) is 2.59. The summed E-state index contributed by atoms with van der Waals surface area (Å²) in [5.74, 6) is 1.22. The molecule has 0 spiro atoms. The van der Waals surface area contributed by atoms with Crippen molar-refractivity contribution in [2.75, 3.05) is 32.4 Å². The van der Waals surface area contributed by atoms with Crippen LogP contribution in [0.4, 0.5) is 0 Å². The highest BCUT2D eigenvalue weighted by molar-refractivity contribution is 7.99. The van der Waals surface area contributed by atoms with Crippen molar-refractivity contribution in [3.05, 3.63) is 0 Å². The number of nitrogens with zero attached hydrogens (tertiary/aromatic N) is 1. The third kappa shape index (κ3) is 2.15. The normalized spacial score (nSPS) is 28.8. The first kappa shape index (κ1) is 8.37. The summed E-state index contributed by atoms with van der Waals surface area (Å²) in [4.78, 5) is 2.42. The van der Waals surface area contributed by atoms with E-state index in [1.807, 2.05) is 11.8 Å². The van der Waals surface area contributed by atoms with Gasteiger partial charge in [0.25, 0.3) is 0 Å². The summed E-state index contributed by atoms with van der Waals surface area (Å²) in [5.41, 5.74) is 0. The molecule has 1 rings (SSSR count). The van der Waals surface area contributed by atoms with E-state index < -0.39 is 0 Å². The molecule has 60 valence electrons. The third-order valence-corrected chi connectivity index (χ3v) is 3.06. The molecule has 1 unspecified atom stereocenters. The maximum atomic E-state index is 3.39. The zero-order chi connectivity index (χ0) is 7.40. The van der Waals surface area contributed by atoms with Crippen molar-refractivity contribution in [2.24, 2.45) is 0 Å². The molecular formula is C7H16N2S. The molecule has 1 aliphatic rings. The van der Waals surface area contributed by atoms with Gasteiger partial charge in [0, 0.05) is 19.6 Å². The fourth-order valence-electron chi connectivity index (χ4n) is 1.16. The minimum absolute atomic E-state index is 0.707. The van der Waals surface area contributed by atoms with Crippen LogP contribution in [0.1, 0.15) is 6.92 Å². The molecule has 0 aromatic carbocycles. The second kappa shape index (κ2) is 4.21. The molecule has 10 heavy (non-hydrogen) atoms. The summed E-state index contributed by atoms with van der Waals surface area (Å²) in [6.07, 6.45) is 0.